The number of nitrogens with two attached hydrogens (primary N) is 1. The molecule has 104 valence electrons. The first-order valence-corrected chi connectivity index (χ1v) is 6.84. The van der Waals surface area contributed by atoms with Crippen molar-refractivity contribution in [3.05, 3.63) is 11.8 Å². The Morgan fingerprint density at radius 3 is 3.00 bits per heavy atom. The number of carbonyl (C=O) groups excluding carboxylic acids is 1. The number of ether oxygens (including phenoxy) is 1. The molecule has 2 atom stereocenters. The molecule has 4 N–H and O–H groups in total. The Morgan fingerprint density at radius 1 is 1.58 bits per heavy atom. The number of rotatable bonds is 3. The second kappa shape index (κ2) is 4.43. The number of hydrogen-bond acceptors (Lipinski definition) is 4. The lowest BCUT2D eigenvalue weighted by molar-refractivity contribution is 0.0967. The molecule has 0 bridgehead atoms. The molecule has 0 unspecified atom stereocenters. The molecule has 1 heterocycles. The smallest absolute Gasteiger partial charge is 0.407 e. The molecule has 19 heavy (non-hydrogen) atoms. The van der Waals surface area contributed by atoms with E-state index in [1.165, 1.54) is 0 Å². The van der Waals surface area contributed by atoms with E-state index in [2.05, 4.69) is 15.5 Å². The van der Waals surface area contributed by atoms with Gasteiger partial charge in [-0.25, -0.2) is 4.79 Å². The van der Waals surface area contributed by atoms with Crippen LogP contribution in [-0.2, 0) is 4.74 Å². The highest BCUT2D eigenvalue weighted by molar-refractivity contribution is 5.69. The molecule has 3 rings (SSSR count). The van der Waals surface area contributed by atoms with Gasteiger partial charge in [0.15, 0.2) is 0 Å². The molecule has 1 aromatic rings. The Kier molecular flexibility index (Phi) is 2.88. The summed E-state index contributed by atoms with van der Waals surface area (Å²) in [7, 11) is 0. The van der Waals surface area contributed by atoms with Gasteiger partial charge in [0.25, 0.3) is 0 Å². The van der Waals surface area contributed by atoms with Gasteiger partial charge in [-0.1, -0.05) is 0 Å². The summed E-state index contributed by atoms with van der Waals surface area (Å²) in [6.07, 6.45) is 4.54. The van der Waals surface area contributed by atoms with Crippen molar-refractivity contribution in [2.75, 3.05) is 5.73 Å². The zero-order valence-corrected chi connectivity index (χ0v) is 11.1. The third kappa shape index (κ3) is 2.83. The van der Waals surface area contributed by atoms with E-state index in [9.17, 15) is 4.79 Å². The Labute approximate surface area is 112 Å². The van der Waals surface area contributed by atoms with Crippen molar-refractivity contribution in [1.82, 2.24) is 15.5 Å². The Bertz CT molecular complexity index is 481. The van der Waals surface area contributed by atoms with Crippen LogP contribution in [0, 0.1) is 0 Å². The molecule has 0 saturated heterocycles. The summed E-state index contributed by atoms with van der Waals surface area (Å²) in [6, 6.07) is 1.86. The van der Waals surface area contributed by atoms with Gasteiger partial charge in [0.2, 0.25) is 0 Å². The van der Waals surface area contributed by atoms with Crippen LogP contribution < -0.4 is 11.1 Å². The molecular formula is C13H20N4O2. The lowest BCUT2D eigenvalue weighted by Crippen LogP contribution is -2.36. The third-order valence-electron chi connectivity index (χ3n) is 4.12. The number of amides is 1. The van der Waals surface area contributed by atoms with Crippen molar-refractivity contribution < 1.29 is 9.53 Å². The van der Waals surface area contributed by atoms with Gasteiger partial charge < -0.3 is 15.8 Å². The molecule has 2 saturated carbocycles. The van der Waals surface area contributed by atoms with Gasteiger partial charge in [-0.15, -0.1) is 0 Å². The average molecular weight is 264 g/mol. The van der Waals surface area contributed by atoms with Gasteiger partial charge in [0, 0.05) is 23.2 Å². The van der Waals surface area contributed by atoms with Crippen molar-refractivity contribution in [2.24, 2.45) is 0 Å². The Balaban J connectivity index is 1.50. The van der Waals surface area contributed by atoms with E-state index in [1.54, 1.807) is 0 Å². The highest BCUT2D eigenvalue weighted by Gasteiger charge is 2.40. The number of nitrogens with one attached hydrogen (secondary N) is 2. The zero-order valence-electron chi connectivity index (χ0n) is 11.1. The van der Waals surface area contributed by atoms with E-state index < -0.39 is 0 Å². The van der Waals surface area contributed by atoms with Gasteiger partial charge in [-0.2, -0.15) is 5.10 Å². The number of anilines is 1. The maximum Gasteiger partial charge on any atom is 0.407 e. The van der Waals surface area contributed by atoms with Crippen LogP contribution in [0.4, 0.5) is 10.6 Å². The summed E-state index contributed by atoms with van der Waals surface area (Å²) in [5.41, 5.74) is 6.62. The van der Waals surface area contributed by atoms with Gasteiger partial charge in [0.05, 0.1) is 0 Å². The fraction of sp³-hybridized carbons (Fsp3) is 0.692. The fourth-order valence-corrected chi connectivity index (χ4v) is 2.63. The summed E-state index contributed by atoms with van der Waals surface area (Å²) in [4.78, 5) is 11.7. The molecule has 0 aliphatic heterocycles. The van der Waals surface area contributed by atoms with Crippen LogP contribution >= 0.6 is 0 Å². The number of H-pyrrole nitrogens is 1. The number of aromatic nitrogens is 2. The standard InChI is InChI=1S/C13H20N4O2/c1-13(4-5-13)15-12(18)19-9-3-2-8(6-9)10-7-11(14)17-16-10/h7-9H,2-6H2,1H3,(H,15,18)(H3,14,16,17)/t8-,9+/m1/s1. The van der Waals surface area contributed by atoms with Crippen molar-refractivity contribution in [1.29, 1.82) is 0 Å². The van der Waals surface area contributed by atoms with Crippen molar-refractivity contribution in [3.63, 3.8) is 0 Å². The van der Waals surface area contributed by atoms with E-state index in [-0.39, 0.29) is 17.7 Å². The van der Waals surface area contributed by atoms with Crippen LogP contribution in [0.1, 0.15) is 50.6 Å². The zero-order chi connectivity index (χ0) is 13.5. The normalized spacial score (nSPS) is 28.1. The first kappa shape index (κ1) is 12.3. The molecular weight excluding hydrogens is 244 g/mol. The van der Waals surface area contributed by atoms with E-state index in [1.807, 2.05) is 13.0 Å². The molecule has 2 aliphatic carbocycles. The lowest BCUT2D eigenvalue weighted by Gasteiger charge is -2.16. The van der Waals surface area contributed by atoms with Crippen LogP contribution in [-0.4, -0.2) is 27.9 Å². The summed E-state index contributed by atoms with van der Waals surface area (Å²) in [5, 5.41) is 9.79. The summed E-state index contributed by atoms with van der Waals surface area (Å²) in [5.74, 6) is 0.873. The average Bonchev–Trinajstić information content (AvgIpc) is 2.79. The summed E-state index contributed by atoms with van der Waals surface area (Å²) >= 11 is 0. The van der Waals surface area contributed by atoms with Crippen molar-refractivity contribution in [3.8, 4) is 0 Å². The quantitative estimate of drug-likeness (QED) is 0.777. The maximum atomic E-state index is 11.7. The van der Waals surface area contributed by atoms with E-state index >= 15 is 0 Å². The largest absolute Gasteiger partial charge is 0.446 e. The van der Waals surface area contributed by atoms with Crippen molar-refractivity contribution >= 4 is 11.9 Å². The van der Waals surface area contributed by atoms with Gasteiger partial charge >= 0.3 is 6.09 Å². The molecule has 2 aliphatic rings. The molecule has 1 amide bonds. The number of aromatic amines is 1. The van der Waals surface area contributed by atoms with Gasteiger partial charge in [-0.3, -0.25) is 5.10 Å². The first-order valence-electron chi connectivity index (χ1n) is 6.84. The second-order valence-corrected chi connectivity index (χ2v) is 5.97. The van der Waals surface area contributed by atoms with Crippen LogP contribution in [0.25, 0.3) is 0 Å². The van der Waals surface area contributed by atoms with Gasteiger partial charge in [0.1, 0.15) is 11.9 Å². The minimum absolute atomic E-state index is 0.00289. The Hall–Kier alpha value is -1.72. The number of nitrogen functional groups attached to an aromatic ring is 1. The third-order valence-corrected chi connectivity index (χ3v) is 4.12. The Morgan fingerprint density at radius 2 is 2.37 bits per heavy atom. The SMILES string of the molecule is CC1(NC(=O)O[C@H]2CC[C@@H](c3cc(N)n[nH]3)C2)CC1. The number of hydrogen-bond donors (Lipinski definition) is 3. The predicted octanol–water partition coefficient (Wildman–Crippen LogP) is 1.91. The molecule has 0 radical (unpaired) electrons. The maximum absolute atomic E-state index is 11.7. The summed E-state index contributed by atoms with van der Waals surface area (Å²) < 4.78 is 5.47. The van der Waals surface area contributed by atoms with Crippen LogP contribution in [0.15, 0.2) is 6.07 Å². The molecule has 0 aromatic carbocycles. The van der Waals surface area contributed by atoms with Gasteiger partial charge in [-0.05, 0) is 39.0 Å². The number of carbonyl (C=O) groups is 1. The van der Waals surface area contributed by atoms with Crippen molar-refractivity contribution in [2.45, 2.75) is 56.6 Å². The predicted molar refractivity (Wildman–Crippen MR) is 70.6 cm³/mol. The number of nitrogens with zero attached hydrogens (tertiary/aromatic N) is 1. The molecule has 0 spiro atoms. The second-order valence-electron chi connectivity index (χ2n) is 5.97. The highest BCUT2D eigenvalue weighted by Crippen LogP contribution is 2.37. The molecule has 6 nitrogen and oxygen atoms in total. The van der Waals surface area contributed by atoms with E-state index in [0.29, 0.717) is 11.7 Å². The van der Waals surface area contributed by atoms with E-state index in [0.717, 1.165) is 37.8 Å². The fourth-order valence-electron chi connectivity index (χ4n) is 2.63. The van der Waals surface area contributed by atoms with E-state index in [4.69, 9.17) is 10.5 Å². The molecule has 1 aromatic heterocycles. The monoisotopic (exact) mass is 264 g/mol. The minimum atomic E-state index is -0.283. The lowest BCUT2D eigenvalue weighted by atomic mass is 10.0. The molecule has 6 heteroatoms. The van der Waals surface area contributed by atoms with Crippen LogP contribution in [0.2, 0.25) is 0 Å². The van der Waals surface area contributed by atoms with Crippen LogP contribution in [0.5, 0.6) is 0 Å². The minimum Gasteiger partial charge on any atom is -0.446 e. The molecule has 2 fully saturated rings. The summed E-state index contributed by atoms with van der Waals surface area (Å²) in [6.45, 7) is 2.04. The highest BCUT2D eigenvalue weighted by atomic mass is 16.6. The first-order chi connectivity index (χ1) is 9.04. The van der Waals surface area contributed by atoms with Crippen LogP contribution in [0.3, 0.4) is 0 Å². The number of alkyl carbamates (subject to hydrolysis) is 1. The topological polar surface area (TPSA) is 93.0 Å².